The van der Waals surface area contributed by atoms with Gasteiger partial charge in [-0.25, -0.2) is 0 Å². The summed E-state index contributed by atoms with van der Waals surface area (Å²) in [6.07, 6.45) is 3.28. The molecule has 1 aliphatic rings. The van der Waals surface area contributed by atoms with Gasteiger partial charge in [-0.15, -0.1) is 0 Å². The van der Waals surface area contributed by atoms with E-state index in [1.54, 1.807) is 48.8 Å². The van der Waals surface area contributed by atoms with Gasteiger partial charge in [-0.3, -0.25) is 14.6 Å². The van der Waals surface area contributed by atoms with Crippen molar-refractivity contribution in [2.24, 2.45) is 0 Å². The van der Waals surface area contributed by atoms with Gasteiger partial charge >= 0.3 is 0 Å². The molecule has 1 aliphatic heterocycles. The monoisotopic (exact) mass is 568 g/mol. The topological polar surface area (TPSA) is 79.7 Å². The number of ketones is 1. The van der Waals surface area contributed by atoms with Crippen molar-refractivity contribution in [2.75, 3.05) is 0 Å². The van der Waals surface area contributed by atoms with Crippen LogP contribution in [0, 0.1) is 6.92 Å². The highest BCUT2D eigenvalue weighted by Crippen LogP contribution is 2.40. The van der Waals surface area contributed by atoms with E-state index in [2.05, 4.69) is 20.9 Å². The van der Waals surface area contributed by atoms with Gasteiger partial charge in [0.25, 0.3) is 11.7 Å². The molecule has 1 saturated heterocycles. The van der Waals surface area contributed by atoms with E-state index < -0.39 is 17.7 Å². The Bertz CT molecular complexity index is 1500. The number of rotatable bonds is 7. The number of halogens is 1. The van der Waals surface area contributed by atoms with Crippen LogP contribution in [0.2, 0.25) is 0 Å². The highest BCUT2D eigenvalue weighted by molar-refractivity contribution is 9.10. The SMILES string of the molecule is Cc1ccccc1COc1ccc(/C(O)=C2\C(=O)C(=O)N(Cc3ccncc3)C2c2ccc(Br)cc2)cc1. The van der Waals surface area contributed by atoms with Gasteiger partial charge < -0.3 is 14.7 Å². The van der Waals surface area contributed by atoms with Crippen LogP contribution in [-0.4, -0.2) is 26.7 Å². The molecule has 38 heavy (non-hydrogen) atoms. The molecule has 0 aliphatic carbocycles. The number of aliphatic hydroxyl groups excluding tert-OH is 1. The first-order valence-corrected chi connectivity index (χ1v) is 12.9. The number of amides is 1. The zero-order valence-corrected chi connectivity index (χ0v) is 22.3. The van der Waals surface area contributed by atoms with Gasteiger partial charge in [0.2, 0.25) is 0 Å². The van der Waals surface area contributed by atoms with E-state index in [4.69, 9.17) is 4.74 Å². The fraction of sp³-hybridized carbons (Fsp3) is 0.129. The number of hydrogen-bond acceptors (Lipinski definition) is 5. The number of carbonyl (C=O) groups excluding carboxylic acids is 2. The minimum Gasteiger partial charge on any atom is -0.507 e. The number of carbonyl (C=O) groups is 2. The third kappa shape index (κ3) is 5.24. The quantitative estimate of drug-likeness (QED) is 0.159. The molecule has 0 spiro atoms. The van der Waals surface area contributed by atoms with Crippen molar-refractivity contribution in [2.45, 2.75) is 26.1 Å². The number of aliphatic hydroxyl groups is 1. The van der Waals surface area contributed by atoms with Crippen LogP contribution in [0.1, 0.15) is 33.9 Å². The van der Waals surface area contributed by atoms with E-state index in [1.165, 1.54) is 4.90 Å². The van der Waals surface area contributed by atoms with Crippen molar-refractivity contribution in [3.63, 3.8) is 0 Å². The standard InChI is InChI=1S/C31H25BrN2O4/c1-20-4-2-3-5-24(20)19-38-26-12-8-23(9-13-26)29(35)27-28(22-6-10-25(32)11-7-22)34(31(37)30(27)36)18-21-14-16-33-17-15-21/h2-17,28,35H,18-19H2,1H3/b29-27+. The second-order valence-electron chi connectivity index (χ2n) is 9.07. The van der Waals surface area contributed by atoms with E-state index in [1.807, 2.05) is 55.5 Å². The molecule has 0 radical (unpaired) electrons. The van der Waals surface area contributed by atoms with Crippen LogP contribution in [0.4, 0.5) is 0 Å². The zero-order chi connectivity index (χ0) is 26.6. The molecule has 3 aromatic carbocycles. The Morgan fingerprint density at radius 1 is 0.947 bits per heavy atom. The minimum atomic E-state index is -0.742. The van der Waals surface area contributed by atoms with Gasteiger partial charge in [0.05, 0.1) is 11.6 Å². The van der Waals surface area contributed by atoms with Crippen molar-refractivity contribution in [1.82, 2.24) is 9.88 Å². The number of hydrogen-bond donors (Lipinski definition) is 1. The van der Waals surface area contributed by atoms with Crippen molar-refractivity contribution < 1.29 is 19.4 Å². The number of nitrogens with zero attached hydrogens (tertiary/aromatic N) is 2. The highest BCUT2D eigenvalue weighted by atomic mass is 79.9. The zero-order valence-electron chi connectivity index (χ0n) is 20.7. The molecule has 0 saturated carbocycles. The van der Waals surface area contributed by atoms with Gasteiger partial charge in [-0.1, -0.05) is 52.3 Å². The Balaban J connectivity index is 1.47. The summed E-state index contributed by atoms with van der Waals surface area (Å²) in [6, 6.07) is 25.1. The molecule has 190 valence electrons. The Morgan fingerprint density at radius 3 is 2.32 bits per heavy atom. The summed E-state index contributed by atoms with van der Waals surface area (Å²) in [4.78, 5) is 32.0. The Hall–Kier alpha value is -4.23. The predicted octanol–water partition coefficient (Wildman–Crippen LogP) is 6.35. The second-order valence-corrected chi connectivity index (χ2v) is 9.99. The van der Waals surface area contributed by atoms with E-state index in [0.717, 1.165) is 26.7 Å². The third-order valence-electron chi connectivity index (χ3n) is 6.61. The summed E-state index contributed by atoms with van der Waals surface area (Å²) < 4.78 is 6.79. The number of likely N-dealkylation sites (tertiary alicyclic amines) is 1. The molecule has 1 atom stereocenters. The Kier molecular flexibility index (Phi) is 7.38. The molecule has 4 aromatic rings. The number of aromatic nitrogens is 1. The van der Waals surface area contributed by atoms with Crippen molar-refractivity contribution >= 4 is 33.4 Å². The van der Waals surface area contributed by atoms with E-state index in [-0.39, 0.29) is 17.9 Å². The highest BCUT2D eigenvalue weighted by Gasteiger charge is 2.46. The Morgan fingerprint density at radius 2 is 1.63 bits per heavy atom. The fourth-order valence-corrected chi connectivity index (χ4v) is 4.78. The normalized spacial score (nSPS) is 16.6. The Labute approximate surface area is 229 Å². The molecule has 1 unspecified atom stereocenters. The summed E-state index contributed by atoms with van der Waals surface area (Å²) in [5.41, 5.74) is 4.27. The van der Waals surface area contributed by atoms with E-state index >= 15 is 0 Å². The predicted molar refractivity (Wildman–Crippen MR) is 148 cm³/mol. The van der Waals surface area contributed by atoms with Gasteiger partial charge in [-0.2, -0.15) is 0 Å². The lowest BCUT2D eigenvalue weighted by atomic mass is 9.95. The van der Waals surface area contributed by atoms with E-state index in [0.29, 0.717) is 17.9 Å². The average Bonchev–Trinajstić information content (AvgIpc) is 3.18. The molecule has 6 nitrogen and oxygen atoms in total. The number of pyridine rings is 1. The maximum atomic E-state index is 13.3. The molecule has 7 heteroatoms. The third-order valence-corrected chi connectivity index (χ3v) is 7.14. The van der Waals surface area contributed by atoms with Crippen molar-refractivity contribution in [3.8, 4) is 5.75 Å². The smallest absolute Gasteiger partial charge is 0.295 e. The first-order valence-electron chi connectivity index (χ1n) is 12.1. The minimum absolute atomic E-state index is 0.0555. The van der Waals surface area contributed by atoms with Crippen LogP contribution in [0.15, 0.2) is 107 Å². The van der Waals surface area contributed by atoms with Crippen LogP contribution in [-0.2, 0) is 22.7 Å². The summed E-state index contributed by atoms with van der Waals surface area (Å²) in [5, 5.41) is 11.3. The number of aryl methyl sites for hydroxylation is 1. The first-order chi connectivity index (χ1) is 18.4. The summed E-state index contributed by atoms with van der Waals surface area (Å²) >= 11 is 3.44. The summed E-state index contributed by atoms with van der Waals surface area (Å²) in [5.74, 6) is -0.967. The number of ether oxygens (including phenoxy) is 1. The fourth-order valence-electron chi connectivity index (χ4n) is 4.52. The van der Waals surface area contributed by atoms with Crippen LogP contribution in [0.5, 0.6) is 5.75 Å². The first kappa shape index (κ1) is 25.4. The van der Waals surface area contributed by atoms with Crippen molar-refractivity contribution in [1.29, 1.82) is 0 Å². The molecule has 5 rings (SSSR count). The van der Waals surface area contributed by atoms with Crippen LogP contribution in [0.25, 0.3) is 5.76 Å². The average molecular weight is 569 g/mol. The van der Waals surface area contributed by atoms with Crippen LogP contribution < -0.4 is 4.74 Å². The van der Waals surface area contributed by atoms with Crippen LogP contribution >= 0.6 is 15.9 Å². The number of benzene rings is 3. The maximum absolute atomic E-state index is 13.3. The lowest BCUT2D eigenvalue weighted by molar-refractivity contribution is -0.140. The lowest BCUT2D eigenvalue weighted by Gasteiger charge is -2.25. The molecule has 1 amide bonds. The van der Waals surface area contributed by atoms with Gasteiger partial charge in [0, 0.05) is 29.0 Å². The molecule has 1 fully saturated rings. The molecular formula is C31H25BrN2O4. The van der Waals surface area contributed by atoms with Crippen molar-refractivity contribution in [3.05, 3.63) is 135 Å². The van der Waals surface area contributed by atoms with E-state index in [9.17, 15) is 14.7 Å². The van der Waals surface area contributed by atoms with Gasteiger partial charge in [0.15, 0.2) is 0 Å². The summed E-state index contributed by atoms with van der Waals surface area (Å²) in [7, 11) is 0. The summed E-state index contributed by atoms with van der Waals surface area (Å²) in [6.45, 7) is 2.66. The molecular weight excluding hydrogens is 544 g/mol. The largest absolute Gasteiger partial charge is 0.507 e. The lowest BCUT2D eigenvalue weighted by Crippen LogP contribution is -2.29. The molecule has 1 aromatic heterocycles. The van der Waals surface area contributed by atoms with Gasteiger partial charge in [0.1, 0.15) is 18.1 Å². The second kappa shape index (κ2) is 11.0. The maximum Gasteiger partial charge on any atom is 0.295 e. The molecule has 2 heterocycles. The molecule has 1 N–H and O–H groups in total. The van der Waals surface area contributed by atoms with Gasteiger partial charge in [-0.05, 0) is 77.7 Å². The van der Waals surface area contributed by atoms with Crippen LogP contribution in [0.3, 0.4) is 0 Å². The number of Topliss-reactive ketones (excluding diaryl/α,β-unsaturated/α-hetero) is 1. The molecule has 0 bridgehead atoms.